The quantitative estimate of drug-likeness (QED) is 0.678. The average molecular weight is 433 g/mol. The molecule has 0 aliphatic carbocycles. The van der Waals surface area contributed by atoms with Crippen molar-refractivity contribution in [2.75, 3.05) is 33.0 Å². The van der Waals surface area contributed by atoms with Crippen molar-refractivity contribution in [3.63, 3.8) is 0 Å². The Morgan fingerprint density at radius 3 is 2.70 bits per heavy atom. The first kappa shape index (κ1) is 20.4. The van der Waals surface area contributed by atoms with E-state index < -0.39 is 10.0 Å². The van der Waals surface area contributed by atoms with Crippen molar-refractivity contribution in [3.05, 3.63) is 41.9 Å². The Balaban J connectivity index is 1.40. The highest BCUT2D eigenvalue weighted by atomic mass is 32.2. The molecule has 2 aliphatic heterocycles. The number of hydrogen-bond acceptors (Lipinski definition) is 6. The van der Waals surface area contributed by atoms with Crippen LogP contribution in [0.4, 0.5) is 0 Å². The molecule has 1 saturated heterocycles. The van der Waals surface area contributed by atoms with E-state index in [1.807, 2.05) is 12.1 Å². The number of benzene rings is 1. The SMILES string of the molecule is Cc1nc(S(=O)(=O)N2CCCN(C(=O)/C=C/c3ccc4c(c3)OCO4)CC2)cn1C. The molecule has 3 heterocycles. The van der Waals surface area contributed by atoms with E-state index >= 15 is 0 Å². The molecule has 1 aromatic carbocycles. The molecule has 2 aromatic rings. The number of ether oxygens (including phenoxy) is 2. The standard InChI is InChI=1S/C20H24N4O5S/c1-15-21-19(13-22(15)2)30(26,27)24-9-3-8-23(10-11-24)20(25)7-5-16-4-6-17-18(12-16)29-14-28-17/h4-7,12-13H,3,8-11,14H2,1-2H3/b7-5+. The molecule has 0 unspecified atom stereocenters. The van der Waals surface area contributed by atoms with Gasteiger partial charge >= 0.3 is 0 Å². The van der Waals surface area contributed by atoms with E-state index in [1.54, 1.807) is 35.6 Å². The normalized spacial score (nSPS) is 17.5. The van der Waals surface area contributed by atoms with Gasteiger partial charge in [-0.15, -0.1) is 0 Å². The lowest BCUT2D eigenvalue weighted by Gasteiger charge is -2.20. The van der Waals surface area contributed by atoms with Crippen molar-refractivity contribution in [1.29, 1.82) is 0 Å². The minimum absolute atomic E-state index is 0.0463. The smallest absolute Gasteiger partial charge is 0.262 e. The van der Waals surface area contributed by atoms with Gasteiger partial charge in [0.05, 0.1) is 0 Å². The Morgan fingerprint density at radius 1 is 1.13 bits per heavy atom. The number of imidazole rings is 1. The maximum Gasteiger partial charge on any atom is 0.262 e. The lowest BCUT2D eigenvalue weighted by Crippen LogP contribution is -2.36. The van der Waals surface area contributed by atoms with E-state index in [0.29, 0.717) is 43.4 Å². The van der Waals surface area contributed by atoms with Crippen LogP contribution >= 0.6 is 0 Å². The van der Waals surface area contributed by atoms with E-state index in [1.165, 1.54) is 16.6 Å². The van der Waals surface area contributed by atoms with Crippen LogP contribution in [0.2, 0.25) is 0 Å². The fraction of sp³-hybridized carbons (Fsp3) is 0.400. The molecule has 1 aromatic heterocycles. The van der Waals surface area contributed by atoms with Crippen molar-refractivity contribution >= 4 is 22.0 Å². The van der Waals surface area contributed by atoms with Gasteiger partial charge in [0.1, 0.15) is 5.82 Å². The topological polar surface area (TPSA) is 94.0 Å². The zero-order valence-corrected chi connectivity index (χ0v) is 17.8. The highest BCUT2D eigenvalue weighted by molar-refractivity contribution is 7.89. The summed E-state index contributed by atoms with van der Waals surface area (Å²) in [6.07, 6.45) is 5.31. The zero-order valence-electron chi connectivity index (χ0n) is 16.9. The van der Waals surface area contributed by atoms with Gasteiger partial charge in [-0.2, -0.15) is 4.31 Å². The van der Waals surface area contributed by atoms with E-state index in [4.69, 9.17) is 9.47 Å². The summed E-state index contributed by atoms with van der Waals surface area (Å²) in [4.78, 5) is 18.5. The summed E-state index contributed by atoms with van der Waals surface area (Å²) in [5.41, 5.74) is 0.831. The van der Waals surface area contributed by atoms with Crippen LogP contribution in [0.25, 0.3) is 6.08 Å². The second-order valence-corrected chi connectivity index (χ2v) is 9.15. The summed E-state index contributed by atoms with van der Waals surface area (Å²) >= 11 is 0. The molecule has 4 rings (SSSR count). The van der Waals surface area contributed by atoms with Gasteiger partial charge in [-0.3, -0.25) is 4.79 Å². The summed E-state index contributed by atoms with van der Waals surface area (Å²) in [6.45, 7) is 3.38. The summed E-state index contributed by atoms with van der Waals surface area (Å²) in [6, 6.07) is 5.47. The van der Waals surface area contributed by atoms with E-state index in [0.717, 1.165) is 5.56 Å². The minimum Gasteiger partial charge on any atom is -0.454 e. The second-order valence-electron chi connectivity index (χ2n) is 7.27. The number of carbonyl (C=O) groups excluding carboxylic acids is 1. The second kappa shape index (κ2) is 8.11. The molecule has 0 radical (unpaired) electrons. The third-order valence-electron chi connectivity index (χ3n) is 5.27. The Kier molecular flexibility index (Phi) is 5.52. The highest BCUT2D eigenvalue weighted by Gasteiger charge is 2.30. The molecule has 0 spiro atoms. The maximum atomic E-state index is 12.9. The third-order valence-corrected chi connectivity index (χ3v) is 7.04. The fourth-order valence-corrected chi connectivity index (χ4v) is 4.92. The van der Waals surface area contributed by atoms with Gasteiger partial charge in [-0.25, -0.2) is 13.4 Å². The fourth-order valence-electron chi connectivity index (χ4n) is 3.43. The summed E-state index contributed by atoms with van der Waals surface area (Å²) in [5, 5.41) is 0.0463. The van der Waals surface area contributed by atoms with Crippen LogP contribution in [0.3, 0.4) is 0 Å². The summed E-state index contributed by atoms with van der Waals surface area (Å²) < 4.78 is 39.5. The number of nitrogens with zero attached hydrogens (tertiary/aromatic N) is 4. The first-order chi connectivity index (χ1) is 14.3. The number of aryl methyl sites for hydroxylation is 2. The van der Waals surface area contributed by atoms with Crippen LogP contribution in [0.5, 0.6) is 11.5 Å². The largest absolute Gasteiger partial charge is 0.454 e. The number of hydrogen-bond donors (Lipinski definition) is 0. The van der Waals surface area contributed by atoms with Gasteiger partial charge in [0.25, 0.3) is 10.0 Å². The Bertz CT molecular complexity index is 1070. The molecule has 0 bridgehead atoms. The monoisotopic (exact) mass is 432 g/mol. The van der Waals surface area contributed by atoms with E-state index in [-0.39, 0.29) is 24.3 Å². The molecule has 1 fully saturated rings. The predicted molar refractivity (Wildman–Crippen MR) is 109 cm³/mol. The summed E-state index contributed by atoms with van der Waals surface area (Å²) in [5.74, 6) is 1.83. The zero-order chi connectivity index (χ0) is 21.3. The number of carbonyl (C=O) groups is 1. The number of fused-ring (bicyclic) bond motifs is 1. The number of aromatic nitrogens is 2. The van der Waals surface area contributed by atoms with Crippen LogP contribution in [0.1, 0.15) is 17.8 Å². The molecule has 30 heavy (non-hydrogen) atoms. The Morgan fingerprint density at radius 2 is 1.93 bits per heavy atom. The lowest BCUT2D eigenvalue weighted by atomic mass is 10.2. The molecule has 9 nitrogen and oxygen atoms in total. The minimum atomic E-state index is -3.68. The average Bonchev–Trinajstić information content (AvgIpc) is 3.23. The van der Waals surface area contributed by atoms with Crippen LogP contribution in [-0.4, -0.2) is 66.1 Å². The Labute approximate surface area is 175 Å². The van der Waals surface area contributed by atoms with Gasteiger partial charge < -0.3 is 18.9 Å². The molecular weight excluding hydrogens is 408 g/mol. The molecule has 0 N–H and O–H groups in total. The third kappa shape index (κ3) is 4.05. The van der Waals surface area contributed by atoms with Crippen molar-refractivity contribution in [1.82, 2.24) is 18.8 Å². The molecular formula is C20H24N4O5S. The number of rotatable bonds is 4. The van der Waals surface area contributed by atoms with Crippen molar-refractivity contribution in [3.8, 4) is 11.5 Å². The highest BCUT2D eigenvalue weighted by Crippen LogP contribution is 2.32. The van der Waals surface area contributed by atoms with Gasteiger partial charge in [-0.1, -0.05) is 6.07 Å². The van der Waals surface area contributed by atoms with Crippen molar-refractivity contribution in [2.45, 2.75) is 18.4 Å². The van der Waals surface area contributed by atoms with E-state index in [2.05, 4.69) is 4.98 Å². The molecule has 160 valence electrons. The van der Waals surface area contributed by atoms with Crippen LogP contribution in [0.15, 0.2) is 35.5 Å². The summed E-state index contributed by atoms with van der Waals surface area (Å²) in [7, 11) is -1.92. The van der Waals surface area contributed by atoms with Crippen molar-refractivity contribution in [2.24, 2.45) is 7.05 Å². The van der Waals surface area contributed by atoms with Gasteiger partial charge in [0.2, 0.25) is 12.7 Å². The van der Waals surface area contributed by atoms with Gasteiger partial charge in [-0.05, 0) is 37.1 Å². The van der Waals surface area contributed by atoms with Crippen LogP contribution in [0, 0.1) is 6.92 Å². The van der Waals surface area contributed by atoms with Gasteiger partial charge in [0, 0.05) is 45.5 Å². The Hall–Kier alpha value is -2.85. The van der Waals surface area contributed by atoms with Crippen LogP contribution in [-0.2, 0) is 21.9 Å². The molecule has 0 saturated carbocycles. The van der Waals surface area contributed by atoms with Crippen LogP contribution < -0.4 is 9.47 Å². The first-order valence-corrected chi connectivity index (χ1v) is 11.2. The molecule has 10 heteroatoms. The molecule has 2 aliphatic rings. The predicted octanol–water partition coefficient (Wildman–Crippen LogP) is 1.39. The number of amides is 1. The maximum absolute atomic E-state index is 12.9. The van der Waals surface area contributed by atoms with Gasteiger partial charge in [0.15, 0.2) is 16.5 Å². The number of sulfonamides is 1. The molecule has 1 amide bonds. The van der Waals surface area contributed by atoms with E-state index in [9.17, 15) is 13.2 Å². The van der Waals surface area contributed by atoms with Crippen molar-refractivity contribution < 1.29 is 22.7 Å². The lowest BCUT2D eigenvalue weighted by molar-refractivity contribution is -0.125. The molecule has 0 atom stereocenters. The first-order valence-electron chi connectivity index (χ1n) is 9.71.